The van der Waals surface area contributed by atoms with Gasteiger partial charge in [0.05, 0.1) is 18.9 Å². The van der Waals surface area contributed by atoms with Crippen LogP contribution in [-0.2, 0) is 30.3 Å². The second-order valence-electron chi connectivity index (χ2n) is 7.63. The zero-order valence-corrected chi connectivity index (χ0v) is 16.6. The van der Waals surface area contributed by atoms with Gasteiger partial charge in [0.1, 0.15) is 12.6 Å². The van der Waals surface area contributed by atoms with Crippen LogP contribution in [0.15, 0.2) is 42.6 Å². The summed E-state index contributed by atoms with van der Waals surface area (Å²) in [6.07, 6.45) is 6.82. The van der Waals surface area contributed by atoms with Crippen LogP contribution in [0.4, 0.5) is 0 Å². The van der Waals surface area contributed by atoms with Crippen LogP contribution in [0.25, 0.3) is 10.9 Å². The Morgan fingerprint density at radius 2 is 1.83 bits per heavy atom. The van der Waals surface area contributed by atoms with E-state index in [0.717, 1.165) is 21.4 Å². The number of H-pyrrole nitrogens is 1. The summed E-state index contributed by atoms with van der Waals surface area (Å²) in [4.78, 5) is 54.2. The number of amides is 3. The van der Waals surface area contributed by atoms with Crippen LogP contribution in [0.3, 0.4) is 0 Å². The number of hydrogen-bond acceptors (Lipinski definition) is 5. The molecule has 2 aliphatic rings. The van der Waals surface area contributed by atoms with Gasteiger partial charge in [-0.1, -0.05) is 30.4 Å². The molecule has 4 rings (SSSR count). The van der Waals surface area contributed by atoms with Gasteiger partial charge in [0.15, 0.2) is 0 Å². The number of likely N-dealkylation sites (tertiary alicyclic amines) is 1. The van der Waals surface area contributed by atoms with Crippen molar-refractivity contribution in [3.8, 4) is 0 Å². The third-order valence-electron chi connectivity index (χ3n) is 5.82. The van der Waals surface area contributed by atoms with Crippen molar-refractivity contribution in [2.75, 3.05) is 13.7 Å². The molecule has 2 N–H and O–H groups in total. The first-order valence-electron chi connectivity index (χ1n) is 9.92. The summed E-state index contributed by atoms with van der Waals surface area (Å²) in [5.41, 5.74) is 1.78. The molecule has 2 heterocycles. The molecule has 156 valence electrons. The van der Waals surface area contributed by atoms with Gasteiger partial charge in [-0.3, -0.25) is 19.3 Å². The molecule has 1 saturated heterocycles. The van der Waals surface area contributed by atoms with E-state index in [0.29, 0.717) is 12.8 Å². The number of esters is 1. The number of carbonyl (C=O) groups excluding carboxylic acids is 4. The maximum absolute atomic E-state index is 12.6. The SMILES string of the molecule is COC(=O)[C@@H](Cc1c[nH]c2ccccc12)NC(=O)CN1C(=O)[C@H]2CC=CC[C@H]2C1=O. The molecular weight excluding hydrogens is 386 g/mol. The lowest BCUT2D eigenvalue weighted by atomic mass is 9.85. The molecule has 8 heteroatoms. The maximum atomic E-state index is 12.6. The van der Waals surface area contributed by atoms with Crippen LogP contribution in [0.1, 0.15) is 18.4 Å². The molecular formula is C22H23N3O5. The van der Waals surface area contributed by atoms with Crippen LogP contribution in [0.5, 0.6) is 0 Å². The van der Waals surface area contributed by atoms with Crippen molar-refractivity contribution in [3.05, 3.63) is 48.2 Å². The number of para-hydroxylation sites is 1. The van der Waals surface area contributed by atoms with E-state index >= 15 is 0 Å². The maximum Gasteiger partial charge on any atom is 0.328 e. The number of allylic oxidation sites excluding steroid dienone is 2. The number of hydrogen-bond donors (Lipinski definition) is 2. The number of fused-ring (bicyclic) bond motifs is 2. The lowest BCUT2D eigenvalue weighted by molar-refractivity contribution is -0.146. The zero-order chi connectivity index (χ0) is 21.3. The van der Waals surface area contributed by atoms with E-state index in [9.17, 15) is 19.2 Å². The molecule has 1 aliphatic heterocycles. The Labute approximate surface area is 173 Å². The van der Waals surface area contributed by atoms with Crippen molar-refractivity contribution in [3.63, 3.8) is 0 Å². The molecule has 0 bridgehead atoms. The molecule has 3 atom stereocenters. The quantitative estimate of drug-likeness (QED) is 0.425. The topological polar surface area (TPSA) is 109 Å². The number of ether oxygens (including phenoxy) is 1. The van der Waals surface area contributed by atoms with Gasteiger partial charge in [-0.25, -0.2) is 4.79 Å². The Hall–Kier alpha value is -3.42. The van der Waals surface area contributed by atoms with Gasteiger partial charge in [0.2, 0.25) is 17.7 Å². The number of imide groups is 1. The minimum atomic E-state index is -0.932. The van der Waals surface area contributed by atoms with E-state index in [1.54, 1.807) is 6.20 Å². The molecule has 1 aliphatic carbocycles. The Morgan fingerprint density at radius 1 is 1.17 bits per heavy atom. The van der Waals surface area contributed by atoms with Gasteiger partial charge >= 0.3 is 5.97 Å². The third kappa shape index (κ3) is 3.60. The lowest BCUT2D eigenvalue weighted by Gasteiger charge is -2.19. The first-order chi connectivity index (χ1) is 14.5. The Morgan fingerprint density at radius 3 is 2.50 bits per heavy atom. The van der Waals surface area contributed by atoms with Crippen molar-refractivity contribution >= 4 is 34.6 Å². The molecule has 0 saturated carbocycles. The number of rotatable bonds is 6. The number of methoxy groups -OCH3 is 1. The standard InChI is InChI=1S/C22H23N3O5/c1-30-22(29)18(10-13-11-23-17-9-5-4-6-14(13)17)24-19(26)12-25-20(27)15-7-2-3-8-16(15)21(25)28/h2-6,9,11,15-16,18,23H,7-8,10,12H2,1H3,(H,24,26)/t15-,16+,18-/m1/s1. The van der Waals surface area contributed by atoms with Gasteiger partial charge in [-0.15, -0.1) is 0 Å². The van der Waals surface area contributed by atoms with Gasteiger partial charge in [0.25, 0.3) is 0 Å². The fraction of sp³-hybridized carbons (Fsp3) is 0.364. The third-order valence-corrected chi connectivity index (χ3v) is 5.82. The smallest absolute Gasteiger partial charge is 0.328 e. The van der Waals surface area contributed by atoms with Gasteiger partial charge < -0.3 is 15.0 Å². The molecule has 2 aromatic rings. The summed E-state index contributed by atoms with van der Waals surface area (Å²) < 4.78 is 4.84. The predicted octanol–water partition coefficient (Wildman–Crippen LogP) is 1.32. The van der Waals surface area contributed by atoms with Crippen LogP contribution >= 0.6 is 0 Å². The number of benzene rings is 1. The van der Waals surface area contributed by atoms with Crippen molar-refractivity contribution in [2.45, 2.75) is 25.3 Å². The molecule has 30 heavy (non-hydrogen) atoms. The second kappa shape index (κ2) is 8.14. The number of aromatic amines is 1. The highest BCUT2D eigenvalue weighted by Gasteiger charge is 2.47. The van der Waals surface area contributed by atoms with Gasteiger partial charge in [-0.2, -0.15) is 0 Å². The van der Waals surface area contributed by atoms with Crippen LogP contribution in [0, 0.1) is 11.8 Å². The predicted molar refractivity (Wildman–Crippen MR) is 108 cm³/mol. The Balaban J connectivity index is 1.46. The van der Waals surface area contributed by atoms with Gasteiger partial charge in [0, 0.05) is 23.5 Å². The molecule has 3 amide bonds. The zero-order valence-electron chi connectivity index (χ0n) is 16.6. The largest absolute Gasteiger partial charge is 0.467 e. The summed E-state index contributed by atoms with van der Waals surface area (Å²) in [6, 6.07) is 6.71. The summed E-state index contributed by atoms with van der Waals surface area (Å²) in [7, 11) is 1.25. The Bertz CT molecular complexity index is 1010. The first kappa shape index (κ1) is 19.9. The van der Waals surface area contributed by atoms with Crippen molar-refractivity contribution in [1.82, 2.24) is 15.2 Å². The van der Waals surface area contributed by atoms with Crippen LogP contribution in [-0.4, -0.2) is 53.3 Å². The van der Waals surface area contributed by atoms with E-state index in [1.807, 2.05) is 36.4 Å². The summed E-state index contributed by atoms with van der Waals surface area (Å²) in [6.45, 7) is -0.397. The summed E-state index contributed by atoms with van der Waals surface area (Å²) in [5.74, 6) is -2.59. The van der Waals surface area contributed by atoms with Gasteiger partial charge in [-0.05, 0) is 24.5 Å². The molecule has 1 aromatic heterocycles. The van der Waals surface area contributed by atoms with E-state index < -0.39 is 36.3 Å². The van der Waals surface area contributed by atoms with Crippen LogP contribution < -0.4 is 5.32 Å². The molecule has 8 nitrogen and oxygen atoms in total. The second-order valence-corrected chi connectivity index (χ2v) is 7.63. The molecule has 1 aromatic carbocycles. The highest BCUT2D eigenvalue weighted by molar-refractivity contribution is 6.07. The van der Waals surface area contributed by atoms with Crippen molar-refractivity contribution < 1.29 is 23.9 Å². The number of nitrogens with zero attached hydrogens (tertiary/aromatic N) is 1. The fourth-order valence-electron chi connectivity index (χ4n) is 4.26. The highest BCUT2D eigenvalue weighted by atomic mass is 16.5. The Kier molecular flexibility index (Phi) is 5.39. The molecule has 0 unspecified atom stereocenters. The first-order valence-corrected chi connectivity index (χ1v) is 9.92. The molecule has 0 radical (unpaired) electrons. The number of nitrogens with one attached hydrogen (secondary N) is 2. The average Bonchev–Trinajstić information content (AvgIpc) is 3.27. The number of aromatic nitrogens is 1. The highest BCUT2D eigenvalue weighted by Crippen LogP contribution is 2.34. The van der Waals surface area contributed by atoms with E-state index in [4.69, 9.17) is 4.74 Å². The number of carbonyl (C=O) groups is 4. The van der Waals surface area contributed by atoms with Crippen LogP contribution in [0.2, 0.25) is 0 Å². The normalized spacial score (nSPS) is 21.6. The minimum Gasteiger partial charge on any atom is -0.467 e. The van der Waals surface area contributed by atoms with Crippen molar-refractivity contribution in [2.24, 2.45) is 11.8 Å². The minimum absolute atomic E-state index is 0.222. The molecule has 0 spiro atoms. The van der Waals surface area contributed by atoms with E-state index in [-0.39, 0.29) is 18.2 Å². The molecule has 1 fully saturated rings. The fourth-order valence-corrected chi connectivity index (χ4v) is 4.26. The summed E-state index contributed by atoms with van der Waals surface area (Å²) in [5, 5.41) is 3.58. The monoisotopic (exact) mass is 409 g/mol. The lowest BCUT2D eigenvalue weighted by Crippen LogP contribution is -2.48. The summed E-state index contributed by atoms with van der Waals surface area (Å²) >= 11 is 0. The van der Waals surface area contributed by atoms with Crippen molar-refractivity contribution in [1.29, 1.82) is 0 Å². The van der Waals surface area contributed by atoms with E-state index in [2.05, 4.69) is 10.3 Å². The average molecular weight is 409 g/mol. The van der Waals surface area contributed by atoms with E-state index in [1.165, 1.54) is 7.11 Å².